The summed E-state index contributed by atoms with van der Waals surface area (Å²) in [6, 6.07) is 12.5. The van der Waals surface area contributed by atoms with Gasteiger partial charge in [-0.25, -0.2) is 5.01 Å². The van der Waals surface area contributed by atoms with Crippen molar-refractivity contribution in [2.24, 2.45) is 11.3 Å². The van der Waals surface area contributed by atoms with Crippen molar-refractivity contribution in [3.8, 4) is 0 Å². The standard InChI is InChI=1S/C30H38ClN3O6/c1-6-40-26(36)17-32-27(37)21-8-7-9-22(16-21)28(38)34(25(18-35)20(2)3)33-15-14-30(39,29(4,5)19-33)23-10-12-24(31)13-11-23/h7-13,16,18,20,25,39H,6,14-15,17,19H2,1-5H3,(H,32,37)/t25-,30-/m0/s1. The van der Waals surface area contributed by atoms with Gasteiger partial charge in [-0.3, -0.25) is 19.4 Å². The molecule has 0 radical (unpaired) electrons. The van der Waals surface area contributed by atoms with Gasteiger partial charge in [-0.1, -0.05) is 57.5 Å². The minimum Gasteiger partial charge on any atom is -0.465 e. The second-order valence-corrected chi connectivity index (χ2v) is 11.4. The minimum atomic E-state index is -1.19. The maximum absolute atomic E-state index is 14.0. The van der Waals surface area contributed by atoms with Crippen LogP contribution in [-0.2, 0) is 19.9 Å². The summed E-state index contributed by atoms with van der Waals surface area (Å²) < 4.78 is 4.84. The van der Waals surface area contributed by atoms with E-state index in [4.69, 9.17) is 16.3 Å². The van der Waals surface area contributed by atoms with Crippen LogP contribution in [0.3, 0.4) is 0 Å². The van der Waals surface area contributed by atoms with E-state index in [1.165, 1.54) is 17.1 Å². The molecule has 2 N–H and O–H groups in total. The van der Waals surface area contributed by atoms with Crippen molar-refractivity contribution in [3.05, 3.63) is 70.2 Å². The van der Waals surface area contributed by atoms with Crippen LogP contribution >= 0.6 is 11.6 Å². The van der Waals surface area contributed by atoms with E-state index < -0.39 is 34.8 Å². The Morgan fingerprint density at radius 3 is 2.38 bits per heavy atom. The average molecular weight is 572 g/mol. The first kappa shape index (κ1) is 31.3. The zero-order chi connectivity index (χ0) is 29.7. The number of ether oxygens (including phenoxy) is 1. The van der Waals surface area contributed by atoms with Crippen LogP contribution in [-0.4, -0.2) is 71.5 Å². The molecule has 9 nitrogen and oxygen atoms in total. The van der Waals surface area contributed by atoms with Crippen molar-refractivity contribution >= 4 is 35.7 Å². The Labute approximate surface area is 240 Å². The lowest BCUT2D eigenvalue weighted by molar-refractivity contribution is -0.173. The molecule has 1 aliphatic rings. The zero-order valence-electron chi connectivity index (χ0n) is 23.6. The van der Waals surface area contributed by atoms with E-state index in [0.29, 0.717) is 18.0 Å². The summed E-state index contributed by atoms with van der Waals surface area (Å²) in [7, 11) is 0. The van der Waals surface area contributed by atoms with Gasteiger partial charge < -0.3 is 20.0 Å². The number of halogens is 1. The molecule has 2 atom stereocenters. The fraction of sp³-hybridized carbons (Fsp3) is 0.467. The molecular weight excluding hydrogens is 534 g/mol. The van der Waals surface area contributed by atoms with Crippen molar-refractivity contribution in [1.82, 2.24) is 15.3 Å². The summed E-state index contributed by atoms with van der Waals surface area (Å²) in [6.07, 6.45) is 1.07. The lowest BCUT2D eigenvalue weighted by Crippen LogP contribution is -2.63. The van der Waals surface area contributed by atoms with Gasteiger partial charge in [0, 0.05) is 34.7 Å². The first-order valence-corrected chi connectivity index (χ1v) is 13.8. The molecule has 1 aliphatic heterocycles. The molecule has 40 heavy (non-hydrogen) atoms. The molecule has 0 aliphatic carbocycles. The maximum Gasteiger partial charge on any atom is 0.325 e. The van der Waals surface area contributed by atoms with Gasteiger partial charge >= 0.3 is 5.97 Å². The summed E-state index contributed by atoms with van der Waals surface area (Å²) in [5.74, 6) is -1.74. The third kappa shape index (κ3) is 6.71. The second kappa shape index (κ2) is 12.9. The van der Waals surface area contributed by atoms with Gasteiger partial charge in [-0.15, -0.1) is 0 Å². The van der Waals surface area contributed by atoms with E-state index >= 15 is 0 Å². The first-order valence-electron chi connectivity index (χ1n) is 13.4. The molecule has 1 heterocycles. The van der Waals surface area contributed by atoms with Gasteiger partial charge in [0.05, 0.1) is 12.2 Å². The van der Waals surface area contributed by atoms with E-state index in [0.717, 1.165) is 11.8 Å². The number of aldehydes is 1. The van der Waals surface area contributed by atoms with Gasteiger partial charge in [0.15, 0.2) is 0 Å². The number of piperidine rings is 1. The Hall–Kier alpha value is -3.27. The Balaban J connectivity index is 1.90. The number of nitrogens with one attached hydrogen (secondary N) is 1. The predicted molar refractivity (Wildman–Crippen MR) is 152 cm³/mol. The number of esters is 1. The number of carbonyl (C=O) groups is 4. The Morgan fingerprint density at radius 2 is 1.80 bits per heavy atom. The summed E-state index contributed by atoms with van der Waals surface area (Å²) >= 11 is 6.07. The Morgan fingerprint density at radius 1 is 1.15 bits per heavy atom. The number of aliphatic hydroxyl groups is 1. The molecule has 2 amide bonds. The number of benzene rings is 2. The quantitative estimate of drug-likeness (QED) is 0.329. The van der Waals surface area contributed by atoms with E-state index in [1.54, 1.807) is 31.2 Å². The number of rotatable bonds is 10. The molecule has 0 unspecified atom stereocenters. The SMILES string of the molecule is CCOC(=O)CNC(=O)c1cccc(C(=O)N([C@@H](C=O)C(C)C)N2CC[C@](O)(c3ccc(Cl)cc3)C(C)(C)C2)c1. The molecule has 0 saturated carbocycles. The Kier molecular flexibility index (Phi) is 10.1. The van der Waals surface area contributed by atoms with Crippen LogP contribution in [0.1, 0.15) is 67.3 Å². The van der Waals surface area contributed by atoms with Crippen molar-refractivity contribution < 1.29 is 29.0 Å². The fourth-order valence-electron chi connectivity index (χ4n) is 5.08. The summed E-state index contributed by atoms with van der Waals surface area (Å²) in [4.78, 5) is 50.6. The number of nitrogens with zero attached hydrogens (tertiary/aromatic N) is 2. The van der Waals surface area contributed by atoms with Crippen LogP contribution in [0.15, 0.2) is 48.5 Å². The largest absolute Gasteiger partial charge is 0.465 e. The fourth-order valence-corrected chi connectivity index (χ4v) is 5.21. The van der Waals surface area contributed by atoms with Crippen LogP contribution < -0.4 is 5.32 Å². The topological polar surface area (TPSA) is 116 Å². The summed E-state index contributed by atoms with van der Waals surface area (Å²) in [6.45, 7) is 9.75. The third-order valence-electron chi connectivity index (χ3n) is 7.44. The van der Waals surface area contributed by atoms with Crippen LogP contribution in [0.4, 0.5) is 0 Å². The van der Waals surface area contributed by atoms with Crippen LogP contribution in [0, 0.1) is 11.3 Å². The highest BCUT2D eigenvalue weighted by molar-refractivity contribution is 6.30. The number of hydrazine groups is 1. The summed E-state index contributed by atoms with van der Waals surface area (Å²) in [5.41, 5.74) is -0.756. The highest BCUT2D eigenvalue weighted by Gasteiger charge is 2.51. The molecule has 1 saturated heterocycles. The lowest BCUT2D eigenvalue weighted by atomic mass is 9.67. The van der Waals surface area contributed by atoms with Crippen molar-refractivity contribution in [2.75, 3.05) is 26.2 Å². The third-order valence-corrected chi connectivity index (χ3v) is 7.69. The highest BCUT2D eigenvalue weighted by Crippen LogP contribution is 2.46. The first-order chi connectivity index (χ1) is 18.8. The Bertz CT molecular complexity index is 1230. The number of hydrogen-bond donors (Lipinski definition) is 2. The smallest absolute Gasteiger partial charge is 0.325 e. The molecule has 0 spiro atoms. The zero-order valence-corrected chi connectivity index (χ0v) is 24.4. The monoisotopic (exact) mass is 571 g/mol. The van der Waals surface area contributed by atoms with Gasteiger partial charge in [-0.05, 0) is 55.2 Å². The van der Waals surface area contributed by atoms with Crippen molar-refractivity contribution in [3.63, 3.8) is 0 Å². The molecule has 1 fully saturated rings. The molecule has 10 heteroatoms. The van der Waals surface area contributed by atoms with Gasteiger partial charge in [0.25, 0.3) is 11.8 Å². The molecule has 0 aromatic heterocycles. The van der Waals surface area contributed by atoms with E-state index in [1.807, 2.05) is 44.8 Å². The molecule has 2 aromatic rings. The van der Waals surface area contributed by atoms with Crippen LogP contribution in [0.2, 0.25) is 5.02 Å². The van der Waals surface area contributed by atoms with Gasteiger partial charge in [0.2, 0.25) is 0 Å². The van der Waals surface area contributed by atoms with Gasteiger partial charge in [0.1, 0.15) is 18.9 Å². The van der Waals surface area contributed by atoms with Crippen molar-refractivity contribution in [1.29, 1.82) is 0 Å². The van der Waals surface area contributed by atoms with E-state index in [-0.39, 0.29) is 36.7 Å². The van der Waals surface area contributed by atoms with Crippen molar-refractivity contribution in [2.45, 2.75) is 52.7 Å². The van der Waals surface area contributed by atoms with Crippen LogP contribution in [0.25, 0.3) is 0 Å². The van der Waals surface area contributed by atoms with Crippen LogP contribution in [0.5, 0.6) is 0 Å². The summed E-state index contributed by atoms with van der Waals surface area (Å²) in [5, 5.41) is 18.2. The predicted octanol–water partition coefficient (Wildman–Crippen LogP) is 3.83. The number of hydrogen-bond acceptors (Lipinski definition) is 7. The van der Waals surface area contributed by atoms with E-state index in [9.17, 15) is 24.3 Å². The molecular formula is C30H38ClN3O6. The van der Waals surface area contributed by atoms with E-state index in [2.05, 4.69) is 5.32 Å². The number of carbonyl (C=O) groups excluding carboxylic acids is 4. The maximum atomic E-state index is 14.0. The number of amides is 2. The molecule has 216 valence electrons. The molecule has 3 rings (SSSR count). The highest BCUT2D eigenvalue weighted by atomic mass is 35.5. The molecule has 0 bridgehead atoms. The molecule has 2 aromatic carbocycles. The average Bonchev–Trinajstić information content (AvgIpc) is 2.92. The second-order valence-electron chi connectivity index (χ2n) is 11.0. The normalized spacial score (nSPS) is 19.5. The lowest BCUT2D eigenvalue weighted by Gasteiger charge is -2.53. The minimum absolute atomic E-state index is 0.193. The van der Waals surface area contributed by atoms with Gasteiger partial charge in [-0.2, -0.15) is 0 Å².